The van der Waals surface area contributed by atoms with E-state index in [1.54, 1.807) is 4.90 Å². The van der Waals surface area contributed by atoms with Crippen molar-refractivity contribution in [1.82, 2.24) is 10.2 Å². The first-order chi connectivity index (χ1) is 8.64. The molecule has 1 unspecified atom stereocenters. The monoisotopic (exact) mass is 256 g/mol. The maximum atomic E-state index is 12.2. The topological polar surface area (TPSA) is 61.8 Å². The number of rotatable bonds is 2. The highest BCUT2D eigenvalue weighted by atomic mass is 16.7. The molecule has 0 spiro atoms. The van der Waals surface area contributed by atoms with Crippen molar-refractivity contribution >= 4 is 6.09 Å². The first kappa shape index (κ1) is 13.6. The number of carbonyl (C=O) groups is 1. The molecule has 1 aliphatic heterocycles. The van der Waals surface area contributed by atoms with Crippen molar-refractivity contribution in [2.75, 3.05) is 19.6 Å². The maximum Gasteiger partial charge on any atom is 0.412 e. The minimum atomic E-state index is -1.22. The molecular formula is C13H24N2O3. The number of nitrogens with zero attached hydrogens (tertiary/aromatic N) is 1. The van der Waals surface area contributed by atoms with Crippen molar-refractivity contribution in [3.8, 4) is 0 Å². The summed E-state index contributed by atoms with van der Waals surface area (Å²) in [5.74, 6) is -1.22. The van der Waals surface area contributed by atoms with Crippen LogP contribution < -0.4 is 5.32 Å². The molecule has 104 valence electrons. The number of carbonyl (C=O) groups excluding carboxylic acids is 1. The number of nitrogens with one attached hydrogen (secondary N) is 1. The molecule has 1 amide bonds. The van der Waals surface area contributed by atoms with Crippen LogP contribution >= 0.6 is 0 Å². The van der Waals surface area contributed by atoms with Gasteiger partial charge in [0.05, 0.1) is 0 Å². The van der Waals surface area contributed by atoms with Crippen LogP contribution in [0.1, 0.15) is 45.4 Å². The van der Waals surface area contributed by atoms with E-state index in [0.29, 0.717) is 19.4 Å². The molecule has 2 rings (SSSR count). The van der Waals surface area contributed by atoms with E-state index in [-0.39, 0.29) is 12.1 Å². The predicted octanol–water partition coefficient (Wildman–Crippen LogP) is 1.46. The molecule has 0 aromatic rings. The average Bonchev–Trinajstić information content (AvgIpc) is 2.39. The Balaban J connectivity index is 1.93. The Hall–Kier alpha value is -0.810. The summed E-state index contributed by atoms with van der Waals surface area (Å²) in [6, 6.07) is 0.179. The lowest BCUT2D eigenvalue weighted by Gasteiger charge is -2.38. The minimum Gasteiger partial charge on any atom is -0.417 e. The van der Waals surface area contributed by atoms with Crippen LogP contribution in [-0.4, -0.2) is 47.6 Å². The molecule has 1 saturated heterocycles. The van der Waals surface area contributed by atoms with Gasteiger partial charge in [0.15, 0.2) is 0 Å². The van der Waals surface area contributed by atoms with Crippen LogP contribution in [0.15, 0.2) is 0 Å². The first-order valence-electron chi connectivity index (χ1n) is 7.07. The van der Waals surface area contributed by atoms with E-state index in [2.05, 4.69) is 12.2 Å². The third-order valence-electron chi connectivity index (χ3n) is 3.97. The lowest BCUT2D eigenvalue weighted by molar-refractivity contribution is -0.188. The summed E-state index contributed by atoms with van der Waals surface area (Å²) in [7, 11) is 0. The standard InChI is InChI=1S/C13H24N2O3/c1-2-11-10-14-8-9-15(11)12(16)18-13(17)6-4-3-5-7-13/h11,14,17H,2-10H2,1H3. The molecule has 1 aliphatic carbocycles. The number of amides is 1. The van der Waals surface area contributed by atoms with Crippen molar-refractivity contribution in [2.45, 2.75) is 57.3 Å². The molecule has 2 aliphatic rings. The highest BCUT2D eigenvalue weighted by Gasteiger charge is 2.36. The summed E-state index contributed by atoms with van der Waals surface area (Å²) in [5, 5.41) is 13.5. The molecule has 1 atom stereocenters. The second-order valence-corrected chi connectivity index (χ2v) is 5.33. The third kappa shape index (κ3) is 3.14. The molecule has 1 saturated carbocycles. The molecule has 5 heteroatoms. The molecule has 0 aromatic heterocycles. The Labute approximate surface area is 108 Å². The van der Waals surface area contributed by atoms with Gasteiger partial charge in [0.1, 0.15) is 0 Å². The minimum absolute atomic E-state index is 0.179. The molecule has 0 aromatic carbocycles. The summed E-state index contributed by atoms with van der Waals surface area (Å²) in [6.45, 7) is 4.33. The van der Waals surface area contributed by atoms with Gasteiger partial charge < -0.3 is 20.1 Å². The number of piperazine rings is 1. The molecule has 0 bridgehead atoms. The number of aliphatic hydroxyl groups is 1. The van der Waals surface area contributed by atoms with Gasteiger partial charge in [-0.25, -0.2) is 4.79 Å². The van der Waals surface area contributed by atoms with Crippen LogP contribution in [-0.2, 0) is 4.74 Å². The van der Waals surface area contributed by atoms with Crippen LogP contribution in [0.4, 0.5) is 4.79 Å². The fourth-order valence-electron chi connectivity index (χ4n) is 2.79. The van der Waals surface area contributed by atoms with Gasteiger partial charge in [-0.15, -0.1) is 0 Å². The van der Waals surface area contributed by atoms with E-state index in [9.17, 15) is 9.90 Å². The van der Waals surface area contributed by atoms with E-state index in [1.165, 1.54) is 0 Å². The molecule has 0 radical (unpaired) electrons. The number of ether oxygens (including phenoxy) is 1. The van der Waals surface area contributed by atoms with E-state index < -0.39 is 5.79 Å². The fourth-order valence-corrected chi connectivity index (χ4v) is 2.79. The quantitative estimate of drug-likeness (QED) is 0.734. The van der Waals surface area contributed by atoms with E-state index in [4.69, 9.17) is 4.74 Å². The fraction of sp³-hybridized carbons (Fsp3) is 0.923. The zero-order valence-corrected chi connectivity index (χ0v) is 11.2. The number of hydrogen-bond donors (Lipinski definition) is 2. The summed E-state index contributed by atoms with van der Waals surface area (Å²) in [5.41, 5.74) is 0. The Morgan fingerprint density at radius 1 is 1.44 bits per heavy atom. The van der Waals surface area contributed by atoms with E-state index >= 15 is 0 Å². The highest BCUT2D eigenvalue weighted by molar-refractivity contribution is 5.68. The van der Waals surface area contributed by atoms with Gasteiger partial charge in [-0.05, 0) is 19.3 Å². The van der Waals surface area contributed by atoms with E-state index in [1.807, 2.05) is 0 Å². The molecule has 2 fully saturated rings. The summed E-state index contributed by atoms with van der Waals surface area (Å²) in [6.07, 6.45) is 4.67. The van der Waals surface area contributed by atoms with E-state index in [0.717, 1.165) is 38.8 Å². The van der Waals surface area contributed by atoms with Gasteiger partial charge in [0.25, 0.3) is 0 Å². The summed E-state index contributed by atoms with van der Waals surface area (Å²) >= 11 is 0. The largest absolute Gasteiger partial charge is 0.417 e. The molecule has 2 N–H and O–H groups in total. The van der Waals surface area contributed by atoms with Crippen molar-refractivity contribution in [3.63, 3.8) is 0 Å². The Kier molecular flexibility index (Phi) is 4.45. The van der Waals surface area contributed by atoms with Gasteiger partial charge in [0.2, 0.25) is 5.79 Å². The van der Waals surface area contributed by atoms with Crippen molar-refractivity contribution < 1.29 is 14.6 Å². The Morgan fingerprint density at radius 3 is 2.83 bits per heavy atom. The molecule has 1 heterocycles. The predicted molar refractivity (Wildman–Crippen MR) is 68.2 cm³/mol. The smallest absolute Gasteiger partial charge is 0.412 e. The second kappa shape index (κ2) is 5.89. The van der Waals surface area contributed by atoms with Gasteiger partial charge in [-0.3, -0.25) is 0 Å². The van der Waals surface area contributed by atoms with Crippen LogP contribution in [0.5, 0.6) is 0 Å². The van der Waals surface area contributed by atoms with Crippen LogP contribution in [0.25, 0.3) is 0 Å². The summed E-state index contributed by atoms with van der Waals surface area (Å²) < 4.78 is 5.37. The van der Waals surface area contributed by atoms with Crippen LogP contribution in [0.2, 0.25) is 0 Å². The van der Waals surface area contributed by atoms with Crippen LogP contribution in [0.3, 0.4) is 0 Å². The Bertz CT molecular complexity index is 290. The lowest BCUT2D eigenvalue weighted by Crippen LogP contribution is -2.55. The van der Waals surface area contributed by atoms with Gasteiger partial charge in [-0.1, -0.05) is 13.3 Å². The molecule has 5 nitrogen and oxygen atoms in total. The van der Waals surface area contributed by atoms with Gasteiger partial charge in [-0.2, -0.15) is 0 Å². The maximum absolute atomic E-state index is 12.2. The zero-order chi connectivity index (χ0) is 13.0. The molecule has 18 heavy (non-hydrogen) atoms. The first-order valence-corrected chi connectivity index (χ1v) is 7.07. The Morgan fingerprint density at radius 2 is 2.17 bits per heavy atom. The van der Waals surface area contributed by atoms with Gasteiger partial charge in [0, 0.05) is 38.5 Å². The summed E-state index contributed by atoms with van der Waals surface area (Å²) in [4.78, 5) is 13.9. The van der Waals surface area contributed by atoms with Crippen LogP contribution in [0, 0.1) is 0 Å². The van der Waals surface area contributed by atoms with Crippen molar-refractivity contribution in [1.29, 1.82) is 0 Å². The SMILES string of the molecule is CCC1CNCCN1C(=O)OC1(O)CCCCC1. The van der Waals surface area contributed by atoms with Gasteiger partial charge >= 0.3 is 6.09 Å². The number of hydrogen-bond acceptors (Lipinski definition) is 4. The normalized spacial score (nSPS) is 27.9. The zero-order valence-electron chi connectivity index (χ0n) is 11.2. The average molecular weight is 256 g/mol. The highest BCUT2D eigenvalue weighted by Crippen LogP contribution is 2.30. The lowest BCUT2D eigenvalue weighted by atomic mass is 9.94. The second-order valence-electron chi connectivity index (χ2n) is 5.33. The third-order valence-corrected chi connectivity index (χ3v) is 3.97. The van der Waals surface area contributed by atoms with Crippen molar-refractivity contribution in [2.24, 2.45) is 0 Å². The van der Waals surface area contributed by atoms with Crippen molar-refractivity contribution in [3.05, 3.63) is 0 Å². The molecular weight excluding hydrogens is 232 g/mol.